The lowest BCUT2D eigenvalue weighted by Gasteiger charge is -2.16. The van der Waals surface area contributed by atoms with Gasteiger partial charge in [-0.3, -0.25) is 4.79 Å². The number of hydrogen-bond acceptors (Lipinski definition) is 4. The van der Waals surface area contributed by atoms with E-state index in [4.69, 9.17) is 9.47 Å². The Bertz CT molecular complexity index is 996. The summed E-state index contributed by atoms with van der Waals surface area (Å²) in [7, 11) is 3.20. The molecule has 0 saturated heterocycles. The maximum absolute atomic E-state index is 12.7. The second-order valence-electron chi connectivity index (χ2n) is 6.98. The summed E-state index contributed by atoms with van der Waals surface area (Å²) in [5, 5.41) is 7.68. The minimum atomic E-state index is -0.160. The predicted molar refractivity (Wildman–Crippen MR) is 113 cm³/mol. The van der Waals surface area contributed by atoms with E-state index in [0.717, 1.165) is 28.2 Å². The summed E-state index contributed by atoms with van der Waals surface area (Å²) in [5.74, 6) is 1.25. The molecule has 0 aliphatic heterocycles. The number of hydrogen-bond donors (Lipinski definition) is 1. The summed E-state index contributed by atoms with van der Waals surface area (Å²) in [6.07, 6.45) is 0.280. The average Bonchev–Trinajstić information content (AvgIpc) is 3.01. The summed E-state index contributed by atoms with van der Waals surface area (Å²) in [6, 6.07) is 15.4. The highest BCUT2D eigenvalue weighted by Gasteiger charge is 2.18. The van der Waals surface area contributed by atoms with Crippen LogP contribution in [0.15, 0.2) is 48.5 Å². The molecular formula is C23H27N3O3. The molecular weight excluding hydrogens is 366 g/mol. The van der Waals surface area contributed by atoms with Crippen LogP contribution in [-0.4, -0.2) is 29.9 Å². The highest BCUT2D eigenvalue weighted by molar-refractivity contribution is 5.79. The zero-order valence-electron chi connectivity index (χ0n) is 17.5. The van der Waals surface area contributed by atoms with Gasteiger partial charge in [0.15, 0.2) is 11.5 Å². The Hall–Kier alpha value is -3.28. The second kappa shape index (κ2) is 8.82. The molecule has 0 aliphatic rings. The van der Waals surface area contributed by atoms with E-state index in [1.165, 1.54) is 0 Å². The van der Waals surface area contributed by atoms with Crippen LogP contribution >= 0.6 is 0 Å². The molecule has 29 heavy (non-hydrogen) atoms. The summed E-state index contributed by atoms with van der Waals surface area (Å²) < 4.78 is 12.5. The molecule has 0 fully saturated rings. The number of carbonyl (C=O) groups excluding carboxylic acids is 1. The first-order chi connectivity index (χ1) is 13.9. The highest BCUT2D eigenvalue weighted by Crippen LogP contribution is 2.30. The minimum absolute atomic E-state index is 0.0499. The first-order valence-electron chi connectivity index (χ1n) is 9.56. The van der Waals surface area contributed by atoms with Gasteiger partial charge < -0.3 is 14.8 Å². The molecule has 1 unspecified atom stereocenters. The number of ether oxygens (including phenoxy) is 2. The van der Waals surface area contributed by atoms with Crippen LogP contribution in [0, 0.1) is 13.8 Å². The third kappa shape index (κ3) is 4.42. The lowest BCUT2D eigenvalue weighted by molar-refractivity contribution is -0.121. The Morgan fingerprint density at radius 2 is 1.76 bits per heavy atom. The number of aromatic nitrogens is 2. The van der Waals surface area contributed by atoms with Gasteiger partial charge in [0, 0.05) is 11.3 Å². The average molecular weight is 393 g/mol. The quantitative estimate of drug-likeness (QED) is 0.661. The van der Waals surface area contributed by atoms with Gasteiger partial charge in [-0.1, -0.05) is 24.3 Å². The maximum Gasteiger partial charge on any atom is 0.225 e. The number of carbonyl (C=O) groups is 1. The third-order valence-corrected chi connectivity index (χ3v) is 5.06. The summed E-state index contributed by atoms with van der Waals surface area (Å²) >= 11 is 0. The number of para-hydroxylation sites is 1. The van der Waals surface area contributed by atoms with E-state index in [-0.39, 0.29) is 18.4 Å². The summed E-state index contributed by atoms with van der Waals surface area (Å²) in [5.41, 5.74) is 4.72. The minimum Gasteiger partial charge on any atom is -0.493 e. The van der Waals surface area contributed by atoms with Gasteiger partial charge in [-0.15, -0.1) is 0 Å². The number of amides is 1. The molecule has 0 spiro atoms. The molecule has 1 heterocycles. The van der Waals surface area contributed by atoms with Crippen LogP contribution in [0.4, 0.5) is 0 Å². The molecule has 152 valence electrons. The van der Waals surface area contributed by atoms with Gasteiger partial charge in [0.1, 0.15) is 0 Å². The van der Waals surface area contributed by atoms with E-state index < -0.39 is 0 Å². The fraction of sp³-hybridized carbons (Fsp3) is 0.304. The van der Waals surface area contributed by atoms with Crippen LogP contribution in [0.5, 0.6) is 11.5 Å². The summed E-state index contributed by atoms with van der Waals surface area (Å²) in [6.45, 7) is 5.88. The van der Waals surface area contributed by atoms with Gasteiger partial charge in [0.05, 0.1) is 38.1 Å². The number of nitrogens with zero attached hydrogens (tertiary/aromatic N) is 2. The Morgan fingerprint density at radius 3 is 2.41 bits per heavy atom. The lowest BCUT2D eigenvalue weighted by Crippen LogP contribution is -2.28. The topological polar surface area (TPSA) is 65.4 Å². The van der Waals surface area contributed by atoms with Crippen LogP contribution in [0.25, 0.3) is 5.69 Å². The molecule has 3 aromatic rings. The molecule has 1 amide bonds. The molecule has 1 atom stereocenters. The van der Waals surface area contributed by atoms with Crippen molar-refractivity contribution >= 4 is 5.91 Å². The van der Waals surface area contributed by atoms with E-state index in [2.05, 4.69) is 10.4 Å². The second-order valence-corrected chi connectivity index (χ2v) is 6.98. The SMILES string of the molecule is COc1ccc(C(C)NC(=O)Cc2c(C)nn(-c3ccccc3)c2C)cc1OC. The molecule has 0 aliphatic carbocycles. The van der Waals surface area contributed by atoms with Crippen LogP contribution < -0.4 is 14.8 Å². The third-order valence-electron chi connectivity index (χ3n) is 5.06. The van der Waals surface area contributed by atoms with E-state index in [9.17, 15) is 4.79 Å². The number of benzene rings is 2. The fourth-order valence-electron chi connectivity index (χ4n) is 3.41. The van der Waals surface area contributed by atoms with Crippen molar-refractivity contribution in [3.05, 3.63) is 71.0 Å². The van der Waals surface area contributed by atoms with Gasteiger partial charge in [-0.05, 0) is 50.6 Å². The highest BCUT2D eigenvalue weighted by atomic mass is 16.5. The Labute approximate surface area is 171 Å². The molecule has 0 saturated carbocycles. The van der Waals surface area contributed by atoms with Crippen LogP contribution in [0.1, 0.15) is 35.5 Å². The van der Waals surface area contributed by atoms with Crippen LogP contribution in [-0.2, 0) is 11.2 Å². The maximum atomic E-state index is 12.7. The normalized spacial score (nSPS) is 11.8. The number of aryl methyl sites for hydroxylation is 1. The molecule has 3 rings (SSSR count). The van der Waals surface area contributed by atoms with Gasteiger partial charge >= 0.3 is 0 Å². The van der Waals surface area contributed by atoms with Crippen LogP contribution in [0.3, 0.4) is 0 Å². The van der Waals surface area contributed by atoms with Crippen molar-refractivity contribution in [2.75, 3.05) is 14.2 Å². The molecule has 1 aromatic heterocycles. The standard InChI is InChI=1S/C23H27N3O3/c1-15(18-11-12-21(28-4)22(13-18)29-5)24-23(27)14-20-16(2)25-26(17(20)3)19-9-7-6-8-10-19/h6-13,15H,14H2,1-5H3,(H,24,27). The summed E-state index contributed by atoms with van der Waals surface area (Å²) in [4.78, 5) is 12.7. The van der Waals surface area contributed by atoms with Gasteiger partial charge in [-0.25, -0.2) is 4.68 Å². The van der Waals surface area contributed by atoms with Gasteiger partial charge in [0.25, 0.3) is 0 Å². The number of methoxy groups -OCH3 is 2. The van der Waals surface area contributed by atoms with Gasteiger partial charge in [-0.2, -0.15) is 5.10 Å². The van der Waals surface area contributed by atoms with Crippen LogP contribution in [0.2, 0.25) is 0 Å². The van der Waals surface area contributed by atoms with Crippen molar-refractivity contribution in [2.45, 2.75) is 33.2 Å². The Kier molecular flexibility index (Phi) is 6.22. The van der Waals surface area contributed by atoms with Crippen molar-refractivity contribution in [2.24, 2.45) is 0 Å². The molecule has 6 heteroatoms. The Balaban J connectivity index is 1.74. The Morgan fingerprint density at radius 1 is 1.07 bits per heavy atom. The van der Waals surface area contributed by atoms with Crippen molar-refractivity contribution in [3.63, 3.8) is 0 Å². The van der Waals surface area contributed by atoms with E-state index in [1.807, 2.05) is 74.0 Å². The van der Waals surface area contributed by atoms with E-state index >= 15 is 0 Å². The zero-order chi connectivity index (χ0) is 21.0. The fourth-order valence-corrected chi connectivity index (χ4v) is 3.41. The predicted octanol–water partition coefficient (Wildman–Crippen LogP) is 3.93. The molecule has 0 bridgehead atoms. The van der Waals surface area contributed by atoms with E-state index in [0.29, 0.717) is 11.5 Å². The number of nitrogens with one attached hydrogen (secondary N) is 1. The first kappa shape index (κ1) is 20.5. The zero-order valence-corrected chi connectivity index (χ0v) is 17.5. The molecule has 2 aromatic carbocycles. The van der Waals surface area contributed by atoms with Crippen molar-refractivity contribution < 1.29 is 14.3 Å². The van der Waals surface area contributed by atoms with Crippen molar-refractivity contribution in [1.82, 2.24) is 15.1 Å². The number of rotatable bonds is 7. The van der Waals surface area contributed by atoms with Crippen molar-refractivity contribution in [3.8, 4) is 17.2 Å². The smallest absolute Gasteiger partial charge is 0.225 e. The largest absolute Gasteiger partial charge is 0.493 e. The molecule has 1 N–H and O–H groups in total. The monoisotopic (exact) mass is 393 g/mol. The lowest BCUT2D eigenvalue weighted by atomic mass is 10.1. The molecule has 0 radical (unpaired) electrons. The van der Waals surface area contributed by atoms with Crippen molar-refractivity contribution in [1.29, 1.82) is 0 Å². The van der Waals surface area contributed by atoms with Gasteiger partial charge in [0.2, 0.25) is 5.91 Å². The van der Waals surface area contributed by atoms with E-state index in [1.54, 1.807) is 14.2 Å². The molecule has 6 nitrogen and oxygen atoms in total. The first-order valence-corrected chi connectivity index (χ1v) is 9.56.